The number of hydrogen-bond acceptors (Lipinski definition) is 3. The predicted octanol–water partition coefficient (Wildman–Crippen LogP) is 2.27. The number of para-hydroxylation sites is 1. The summed E-state index contributed by atoms with van der Waals surface area (Å²) in [4.78, 5) is 13.9. The zero-order chi connectivity index (χ0) is 15.2. The third-order valence-electron chi connectivity index (χ3n) is 3.11. The number of nitrogens with zero attached hydrogens (tertiary/aromatic N) is 1. The maximum atomic E-state index is 13.2. The number of benzene rings is 2. The van der Waals surface area contributed by atoms with E-state index in [1.54, 1.807) is 0 Å². The molecule has 0 saturated heterocycles. The van der Waals surface area contributed by atoms with Crippen molar-refractivity contribution < 1.29 is 9.18 Å². The number of amides is 1. The van der Waals surface area contributed by atoms with Crippen molar-refractivity contribution >= 4 is 17.3 Å². The Kier molecular flexibility index (Phi) is 4.77. The Bertz CT molecular complexity index is 596. The molecule has 0 fully saturated rings. The van der Waals surface area contributed by atoms with Gasteiger partial charge >= 0.3 is 0 Å². The van der Waals surface area contributed by atoms with Crippen LogP contribution in [0, 0.1) is 5.82 Å². The maximum Gasteiger partial charge on any atom is 0.251 e. The lowest BCUT2D eigenvalue weighted by molar-refractivity contribution is 0.0954. The lowest BCUT2D eigenvalue weighted by Crippen LogP contribution is -2.33. The van der Waals surface area contributed by atoms with Crippen LogP contribution >= 0.6 is 0 Å². The Balaban J connectivity index is 1.87. The molecule has 0 saturated carbocycles. The zero-order valence-electron chi connectivity index (χ0n) is 11.8. The van der Waals surface area contributed by atoms with E-state index in [0.717, 1.165) is 5.69 Å². The number of nitrogens with two attached hydrogens (primary N) is 1. The van der Waals surface area contributed by atoms with Crippen LogP contribution in [0.4, 0.5) is 15.8 Å². The molecule has 21 heavy (non-hydrogen) atoms. The highest BCUT2D eigenvalue weighted by atomic mass is 19.1. The molecule has 0 aliphatic heterocycles. The van der Waals surface area contributed by atoms with Crippen LogP contribution in [-0.4, -0.2) is 26.0 Å². The van der Waals surface area contributed by atoms with Crippen molar-refractivity contribution in [1.82, 2.24) is 5.32 Å². The van der Waals surface area contributed by atoms with E-state index < -0.39 is 5.82 Å². The van der Waals surface area contributed by atoms with Crippen LogP contribution in [0.2, 0.25) is 0 Å². The number of rotatable bonds is 5. The second-order valence-electron chi connectivity index (χ2n) is 4.79. The van der Waals surface area contributed by atoms with Crippen LogP contribution in [0.15, 0.2) is 48.5 Å². The first-order chi connectivity index (χ1) is 10.1. The number of carbonyl (C=O) groups excluding carboxylic acids is 1. The van der Waals surface area contributed by atoms with Gasteiger partial charge in [-0.05, 0) is 30.3 Å². The maximum absolute atomic E-state index is 13.2. The molecule has 1 amide bonds. The van der Waals surface area contributed by atoms with Gasteiger partial charge in [-0.25, -0.2) is 4.39 Å². The third-order valence-corrected chi connectivity index (χ3v) is 3.11. The second kappa shape index (κ2) is 6.74. The molecule has 0 unspecified atom stereocenters. The smallest absolute Gasteiger partial charge is 0.251 e. The van der Waals surface area contributed by atoms with E-state index in [4.69, 9.17) is 5.73 Å². The second-order valence-corrected chi connectivity index (χ2v) is 4.79. The van der Waals surface area contributed by atoms with E-state index in [1.807, 2.05) is 42.3 Å². The Morgan fingerprint density at radius 1 is 1.24 bits per heavy atom. The van der Waals surface area contributed by atoms with Crippen molar-refractivity contribution in [3.63, 3.8) is 0 Å². The normalized spacial score (nSPS) is 10.2. The third kappa shape index (κ3) is 4.21. The summed E-state index contributed by atoms with van der Waals surface area (Å²) < 4.78 is 13.2. The van der Waals surface area contributed by atoms with Gasteiger partial charge < -0.3 is 16.0 Å². The molecular weight excluding hydrogens is 269 g/mol. The van der Waals surface area contributed by atoms with E-state index in [1.165, 1.54) is 18.2 Å². The van der Waals surface area contributed by atoms with E-state index in [9.17, 15) is 9.18 Å². The highest BCUT2D eigenvalue weighted by molar-refractivity contribution is 5.95. The lowest BCUT2D eigenvalue weighted by atomic mass is 10.2. The molecule has 5 heteroatoms. The lowest BCUT2D eigenvalue weighted by Gasteiger charge is -2.19. The number of likely N-dealkylation sites (N-methyl/N-ethyl adjacent to an activating group) is 1. The van der Waals surface area contributed by atoms with Crippen molar-refractivity contribution in [2.24, 2.45) is 0 Å². The van der Waals surface area contributed by atoms with E-state index in [2.05, 4.69) is 5.32 Å². The van der Waals surface area contributed by atoms with Crippen molar-refractivity contribution in [2.75, 3.05) is 30.8 Å². The Hall–Kier alpha value is -2.56. The molecule has 0 aliphatic carbocycles. The van der Waals surface area contributed by atoms with Gasteiger partial charge in [0.15, 0.2) is 0 Å². The van der Waals surface area contributed by atoms with Crippen molar-refractivity contribution in [3.05, 3.63) is 59.9 Å². The molecule has 2 rings (SSSR count). The van der Waals surface area contributed by atoms with Gasteiger partial charge in [0.1, 0.15) is 5.82 Å². The summed E-state index contributed by atoms with van der Waals surface area (Å²) in [6, 6.07) is 13.7. The largest absolute Gasteiger partial charge is 0.399 e. The molecule has 0 radical (unpaired) electrons. The molecule has 0 spiro atoms. The summed E-state index contributed by atoms with van der Waals surface area (Å²) in [5.41, 5.74) is 7.06. The summed E-state index contributed by atoms with van der Waals surface area (Å²) in [5, 5.41) is 2.75. The molecule has 4 nitrogen and oxygen atoms in total. The number of nitrogens with one attached hydrogen (secondary N) is 1. The molecule has 0 heterocycles. The van der Waals surface area contributed by atoms with E-state index >= 15 is 0 Å². The average molecular weight is 287 g/mol. The summed E-state index contributed by atoms with van der Waals surface area (Å²) in [6.45, 7) is 1.11. The fourth-order valence-corrected chi connectivity index (χ4v) is 1.99. The highest BCUT2D eigenvalue weighted by Gasteiger charge is 2.08. The molecule has 0 aliphatic rings. The van der Waals surface area contributed by atoms with Crippen LogP contribution in [0.5, 0.6) is 0 Å². The van der Waals surface area contributed by atoms with Gasteiger partial charge in [0.2, 0.25) is 0 Å². The monoisotopic (exact) mass is 287 g/mol. The molecule has 110 valence electrons. The van der Waals surface area contributed by atoms with Crippen LogP contribution in [0.1, 0.15) is 10.4 Å². The minimum absolute atomic E-state index is 0.231. The molecule has 2 aromatic rings. The summed E-state index contributed by atoms with van der Waals surface area (Å²) in [7, 11) is 1.95. The molecule has 0 atom stereocenters. The van der Waals surface area contributed by atoms with Crippen molar-refractivity contribution in [2.45, 2.75) is 0 Å². The van der Waals surface area contributed by atoms with Gasteiger partial charge in [0, 0.05) is 37.1 Å². The molecule has 0 aromatic heterocycles. The Morgan fingerprint density at radius 3 is 2.62 bits per heavy atom. The summed E-state index contributed by atoms with van der Waals surface area (Å²) in [6.07, 6.45) is 0. The summed E-state index contributed by atoms with van der Waals surface area (Å²) in [5.74, 6) is -0.843. The Morgan fingerprint density at radius 2 is 1.95 bits per heavy atom. The SMILES string of the molecule is CN(CCNC(=O)c1cc(N)cc(F)c1)c1ccccc1. The van der Waals surface area contributed by atoms with Gasteiger partial charge in [-0.2, -0.15) is 0 Å². The predicted molar refractivity (Wildman–Crippen MR) is 82.9 cm³/mol. The molecule has 3 N–H and O–H groups in total. The quantitative estimate of drug-likeness (QED) is 0.829. The van der Waals surface area contributed by atoms with Gasteiger partial charge in [0.05, 0.1) is 0 Å². The summed E-state index contributed by atoms with van der Waals surface area (Å²) >= 11 is 0. The molecule has 2 aromatic carbocycles. The minimum atomic E-state index is -0.512. The number of hydrogen-bond donors (Lipinski definition) is 2. The van der Waals surface area contributed by atoms with Crippen molar-refractivity contribution in [1.29, 1.82) is 0 Å². The van der Waals surface area contributed by atoms with Crippen molar-refractivity contribution in [3.8, 4) is 0 Å². The fourth-order valence-electron chi connectivity index (χ4n) is 1.99. The number of anilines is 2. The minimum Gasteiger partial charge on any atom is -0.399 e. The number of carbonyl (C=O) groups is 1. The zero-order valence-corrected chi connectivity index (χ0v) is 11.8. The van der Waals surface area contributed by atoms with Crippen LogP contribution in [0.3, 0.4) is 0 Å². The molecular formula is C16H18FN3O. The van der Waals surface area contributed by atoms with Crippen LogP contribution in [-0.2, 0) is 0 Å². The van der Waals surface area contributed by atoms with Gasteiger partial charge in [-0.15, -0.1) is 0 Å². The first kappa shape index (κ1) is 14.8. The molecule has 0 bridgehead atoms. The average Bonchev–Trinajstić information content (AvgIpc) is 2.47. The van der Waals surface area contributed by atoms with Gasteiger partial charge in [0.25, 0.3) is 5.91 Å². The standard InChI is InChI=1S/C16H18FN3O/c1-20(15-5-3-2-4-6-15)8-7-19-16(21)12-9-13(17)11-14(18)10-12/h2-6,9-11H,7-8,18H2,1H3,(H,19,21). The first-order valence-corrected chi connectivity index (χ1v) is 6.67. The number of nitrogen functional groups attached to an aromatic ring is 1. The first-order valence-electron chi connectivity index (χ1n) is 6.67. The Labute approximate surface area is 123 Å². The van der Waals surface area contributed by atoms with E-state index in [0.29, 0.717) is 13.1 Å². The van der Waals surface area contributed by atoms with Gasteiger partial charge in [-0.3, -0.25) is 4.79 Å². The van der Waals surface area contributed by atoms with Crippen LogP contribution in [0.25, 0.3) is 0 Å². The number of halogens is 1. The topological polar surface area (TPSA) is 58.4 Å². The van der Waals surface area contributed by atoms with E-state index in [-0.39, 0.29) is 17.2 Å². The highest BCUT2D eigenvalue weighted by Crippen LogP contribution is 2.11. The van der Waals surface area contributed by atoms with Gasteiger partial charge in [-0.1, -0.05) is 18.2 Å². The fraction of sp³-hybridized carbons (Fsp3) is 0.188. The van der Waals surface area contributed by atoms with Crippen LogP contribution < -0.4 is 16.0 Å².